The molecule has 0 atom stereocenters. The lowest BCUT2D eigenvalue weighted by molar-refractivity contribution is -0.286. The Hall–Kier alpha value is -2.14. The second kappa shape index (κ2) is 7.62. The minimum absolute atomic E-state index is 0.0716. The van der Waals surface area contributed by atoms with Crippen LogP contribution in [0.25, 0.3) is 0 Å². The van der Waals surface area contributed by atoms with Crippen LogP contribution in [-0.2, 0) is 4.79 Å². The Morgan fingerprint density at radius 1 is 1.31 bits per heavy atom. The molecule has 0 spiro atoms. The molecule has 1 aliphatic rings. The molecule has 2 N–H and O–H groups in total. The average Bonchev–Trinajstić information content (AvgIpc) is 3.12. The van der Waals surface area contributed by atoms with Crippen LogP contribution in [0, 0.1) is 5.92 Å². The first-order valence-electron chi connectivity index (χ1n) is 7.70. The van der Waals surface area contributed by atoms with Gasteiger partial charge in [-0.05, 0) is 18.1 Å². The summed E-state index contributed by atoms with van der Waals surface area (Å²) in [6.45, 7) is 4.97. The standard InChI is InChI=1S/C15H16F2N4O3S2/c1-8(2)6-18-13-20-21-14(26-13)25-7-12(22)19-9-3-4-10-11(5-9)24-15(16,17)23-10/h3-5,8H,6-7H2,1-2H3,(H,18,20)(H,19,22). The molecular formula is C15H16F2N4O3S2. The number of halogens is 2. The van der Waals surface area contributed by atoms with Gasteiger partial charge in [-0.2, -0.15) is 0 Å². The van der Waals surface area contributed by atoms with E-state index in [2.05, 4.69) is 44.2 Å². The van der Waals surface area contributed by atoms with Gasteiger partial charge in [0.1, 0.15) is 0 Å². The minimum Gasteiger partial charge on any atom is -0.395 e. The molecule has 140 valence electrons. The van der Waals surface area contributed by atoms with Gasteiger partial charge in [0.05, 0.1) is 5.75 Å². The number of alkyl halides is 2. The highest BCUT2D eigenvalue weighted by atomic mass is 32.2. The second-order valence-electron chi connectivity index (χ2n) is 5.81. The number of fused-ring (bicyclic) bond motifs is 1. The third kappa shape index (κ3) is 4.94. The number of nitrogens with zero attached hydrogens (tertiary/aromatic N) is 2. The molecule has 1 amide bonds. The molecule has 0 radical (unpaired) electrons. The maximum absolute atomic E-state index is 13.0. The zero-order valence-electron chi connectivity index (χ0n) is 13.9. The number of thioether (sulfide) groups is 1. The van der Waals surface area contributed by atoms with Crippen LogP contribution < -0.4 is 20.1 Å². The number of benzene rings is 1. The molecule has 1 aromatic heterocycles. The van der Waals surface area contributed by atoms with E-state index in [1.165, 1.54) is 41.3 Å². The Bertz CT molecular complexity index is 801. The summed E-state index contributed by atoms with van der Waals surface area (Å²) in [7, 11) is 0. The number of carbonyl (C=O) groups is 1. The van der Waals surface area contributed by atoms with Crippen LogP contribution >= 0.6 is 23.1 Å². The smallest absolute Gasteiger partial charge is 0.395 e. The van der Waals surface area contributed by atoms with Crippen LogP contribution in [0.15, 0.2) is 22.5 Å². The van der Waals surface area contributed by atoms with Gasteiger partial charge in [-0.3, -0.25) is 4.79 Å². The number of hydrogen-bond acceptors (Lipinski definition) is 8. The molecule has 7 nitrogen and oxygen atoms in total. The fourth-order valence-electron chi connectivity index (χ4n) is 1.98. The number of amides is 1. The van der Waals surface area contributed by atoms with Gasteiger partial charge >= 0.3 is 6.29 Å². The highest BCUT2D eigenvalue weighted by molar-refractivity contribution is 8.01. The normalized spacial score (nSPS) is 14.5. The Morgan fingerprint density at radius 2 is 2.08 bits per heavy atom. The molecule has 0 fully saturated rings. The van der Waals surface area contributed by atoms with Gasteiger partial charge < -0.3 is 20.1 Å². The predicted octanol–water partition coefficient (Wildman–Crippen LogP) is 3.66. The first kappa shape index (κ1) is 18.6. The third-order valence-electron chi connectivity index (χ3n) is 3.08. The molecule has 26 heavy (non-hydrogen) atoms. The summed E-state index contributed by atoms with van der Waals surface area (Å²) in [5, 5.41) is 14.5. The van der Waals surface area contributed by atoms with Crippen molar-refractivity contribution in [2.75, 3.05) is 22.9 Å². The maximum Gasteiger partial charge on any atom is 0.586 e. The highest BCUT2D eigenvalue weighted by Crippen LogP contribution is 2.42. The van der Waals surface area contributed by atoms with Gasteiger partial charge in [0, 0.05) is 18.3 Å². The number of ether oxygens (including phenoxy) is 2. The largest absolute Gasteiger partial charge is 0.586 e. The van der Waals surface area contributed by atoms with E-state index in [-0.39, 0.29) is 23.2 Å². The van der Waals surface area contributed by atoms with Crippen LogP contribution in [0.1, 0.15) is 13.8 Å². The van der Waals surface area contributed by atoms with E-state index in [0.29, 0.717) is 21.1 Å². The maximum atomic E-state index is 13.0. The van der Waals surface area contributed by atoms with E-state index in [4.69, 9.17) is 0 Å². The highest BCUT2D eigenvalue weighted by Gasteiger charge is 2.43. The van der Waals surface area contributed by atoms with Gasteiger partial charge in [0.15, 0.2) is 15.8 Å². The SMILES string of the molecule is CC(C)CNc1nnc(SCC(=O)Nc2ccc3c(c2)OC(F)(F)O3)s1. The van der Waals surface area contributed by atoms with Crippen molar-refractivity contribution >= 4 is 39.8 Å². The Morgan fingerprint density at radius 3 is 2.85 bits per heavy atom. The number of aromatic nitrogens is 2. The number of carbonyl (C=O) groups excluding carboxylic acids is 1. The first-order chi connectivity index (χ1) is 12.3. The summed E-state index contributed by atoms with van der Waals surface area (Å²) >= 11 is 2.61. The molecule has 1 aliphatic heterocycles. The molecule has 1 aromatic carbocycles. The van der Waals surface area contributed by atoms with Crippen LogP contribution in [0.4, 0.5) is 19.6 Å². The molecule has 2 aromatic rings. The fraction of sp³-hybridized carbons (Fsp3) is 0.400. The Kier molecular flexibility index (Phi) is 5.47. The molecule has 11 heteroatoms. The van der Waals surface area contributed by atoms with Crippen molar-refractivity contribution < 1.29 is 23.0 Å². The summed E-state index contributed by atoms with van der Waals surface area (Å²) in [4.78, 5) is 12.0. The average molecular weight is 402 g/mol. The number of anilines is 2. The van der Waals surface area contributed by atoms with Crippen molar-refractivity contribution in [1.82, 2.24) is 10.2 Å². The number of hydrogen-bond donors (Lipinski definition) is 2. The second-order valence-corrected chi connectivity index (χ2v) is 8.01. The molecule has 2 heterocycles. The molecule has 0 saturated heterocycles. The van der Waals surface area contributed by atoms with Gasteiger partial charge in [-0.25, -0.2) is 0 Å². The summed E-state index contributed by atoms with van der Waals surface area (Å²) in [5.74, 6) is 0.113. The summed E-state index contributed by atoms with van der Waals surface area (Å²) in [6.07, 6.45) is -3.68. The molecule has 0 aliphatic carbocycles. The Labute approximate surface area is 156 Å². The lowest BCUT2D eigenvalue weighted by atomic mass is 10.2. The summed E-state index contributed by atoms with van der Waals surface area (Å²) < 4.78 is 35.3. The fourth-order valence-corrected chi connectivity index (χ4v) is 3.54. The molecule has 0 saturated carbocycles. The summed E-state index contributed by atoms with van der Waals surface area (Å²) in [5.41, 5.74) is 0.340. The lowest BCUT2D eigenvalue weighted by Crippen LogP contribution is -2.25. The van der Waals surface area contributed by atoms with Crippen LogP contribution in [0.3, 0.4) is 0 Å². The zero-order chi connectivity index (χ0) is 18.7. The van der Waals surface area contributed by atoms with E-state index in [0.717, 1.165) is 6.54 Å². The van der Waals surface area contributed by atoms with Crippen molar-refractivity contribution in [2.45, 2.75) is 24.5 Å². The van der Waals surface area contributed by atoms with Gasteiger partial charge in [0.25, 0.3) is 0 Å². The van der Waals surface area contributed by atoms with E-state index in [1.54, 1.807) is 0 Å². The molecular weight excluding hydrogens is 386 g/mol. The van der Waals surface area contributed by atoms with Gasteiger partial charge in [0.2, 0.25) is 11.0 Å². The van der Waals surface area contributed by atoms with Crippen molar-refractivity contribution in [2.24, 2.45) is 5.92 Å². The monoisotopic (exact) mass is 402 g/mol. The van der Waals surface area contributed by atoms with Crippen LogP contribution in [0.2, 0.25) is 0 Å². The van der Waals surface area contributed by atoms with Crippen LogP contribution in [-0.4, -0.2) is 34.7 Å². The van der Waals surface area contributed by atoms with Crippen LogP contribution in [0.5, 0.6) is 11.5 Å². The molecule has 0 unspecified atom stereocenters. The lowest BCUT2D eigenvalue weighted by Gasteiger charge is -2.05. The van der Waals surface area contributed by atoms with E-state index in [1.807, 2.05) is 0 Å². The van der Waals surface area contributed by atoms with Crippen molar-refractivity contribution in [3.05, 3.63) is 18.2 Å². The first-order valence-corrected chi connectivity index (χ1v) is 9.51. The predicted molar refractivity (Wildman–Crippen MR) is 95.2 cm³/mol. The van der Waals surface area contributed by atoms with Gasteiger partial charge in [-0.1, -0.05) is 36.9 Å². The molecule has 3 rings (SSSR count). The van der Waals surface area contributed by atoms with Crippen molar-refractivity contribution in [3.63, 3.8) is 0 Å². The molecule has 0 bridgehead atoms. The van der Waals surface area contributed by atoms with Gasteiger partial charge in [-0.15, -0.1) is 19.0 Å². The number of rotatable bonds is 7. The van der Waals surface area contributed by atoms with E-state index >= 15 is 0 Å². The topological polar surface area (TPSA) is 85.4 Å². The Balaban J connectivity index is 1.49. The van der Waals surface area contributed by atoms with E-state index in [9.17, 15) is 13.6 Å². The quantitative estimate of drug-likeness (QED) is 0.684. The third-order valence-corrected chi connectivity index (χ3v) is 5.09. The zero-order valence-corrected chi connectivity index (χ0v) is 15.5. The van der Waals surface area contributed by atoms with E-state index < -0.39 is 6.29 Å². The minimum atomic E-state index is -3.68. The van der Waals surface area contributed by atoms with Crippen molar-refractivity contribution in [3.8, 4) is 11.5 Å². The van der Waals surface area contributed by atoms with Crippen molar-refractivity contribution in [1.29, 1.82) is 0 Å². The summed E-state index contributed by atoms with van der Waals surface area (Å²) in [6, 6.07) is 4.07. The number of nitrogens with one attached hydrogen (secondary N) is 2.